The van der Waals surface area contributed by atoms with Crippen LogP contribution < -0.4 is 10.9 Å². The molecule has 0 bridgehead atoms. The summed E-state index contributed by atoms with van der Waals surface area (Å²) in [6.45, 7) is 6.08. The average Bonchev–Trinajstić information content (AvgIpc) is 2.74. The van der Waals surface area contributed by atoms with E-state index in [2.05, 4.69) is 29.0 Å². The first-order valence-electron chi connectivity index (χ1n) is 9.65. The Hall–Kier alpha value is -2.86. The number of hydrogen-bond acceptors (Lipinski definition) is 4. The van der Waals surface area contributed by atoms with Crippen LogP contribution in [0.3, 0.4) is 0 Å². The van der Waals surface area contributed by atoms with E-state index in [9.17, 15) is 9.59 Å². The number of nitrogens with zero attached hydrogens (tertiary/aromatic N) is 2. The SMILES string of the molecule is C=CCn1c(SCC(=O)N[C@@H](C)CCc2ccccc2)nc2ccccc2c1=O. The normalized spacial score (nSPS) is 11.9. The van der Waals surface area contributed by atoms with Crippen molar-refractivity contribution in [2.45, 2.75) is 37.5 Å². The van der Waals surface area contributed by atoms with Crippen LogP contribution in [-0.4, -0.2) is 27.3 Å². The van der Waals surface area contributed by atoms with E-state index in [0.29, 0.717) is 22.6 Å². The lowest BCUT2D eigenvalue weighted by atomic mass is 10.1. The van der Waals surface area contributed by atoms with Crippen molar-refractivity contribution in [3.05, 3.63) is 83.2 Å². The number of nitrogens with one attached hydrogen (secondary N) is 1. The Bertz CT molecular complexity index is 1050. The van der Waals surface area contributed by atoms with E-state index in [1.54, 1.807) is 16.7 Å². The number of allylic oxidation sites excluding steroid dienone is 1. The zero-order chi connectivity index (χ0) is 20.6. The molecule has 0 saturated carbocycles. The van der Waals surface area contributed by atoms with Crippen molar-refractivity contribution in [2.75, 3.05) is 5.75 Å². The van der Waals surface area contributed by atoms with Gasteiger partial charge in [-0.1, -0.05) is 60.3 Å². The molecule has 0 aliphatic heterocycles. The lowest BCUT2D eigenvalue weighted by Gasteiger charge is -2.15. The molecule has 0 fully saturated rings. The summed E-state index contributed by atoms with van der Waals surface area (Å²) >= 11 is 1.27. The Morgan fingerprint density at radius 3 is 2.69 bits per heavy atom. The number of para-hydroxylation sites is 1. The van der Waals surface area contributed by atoms with Gasteiger partial charge in [-0.2, -0.15) is 0 Å². The number of aromatic nitrogens is 2. The van der Waals surface area contributed by atoms with Gasteiger partial charge in [-0.05, 0) is 37.5 Å². The highest BCUT2D eigenvalue weighted by molar-refractivity contribution is 7.99. The molecule has 0 aliphatic carbocycles. The van der Waals surface area contributed by atoms with Gasteiger partial charge in [0.15, 0.2) is 5.16 Å². The van der Waals surface area contributed by atoms with Crippen LogP contribution in [0.15, 0.2) is 77.2 Å². The number of carbonyl (C=O) groups excluding carboxylic acids is 1. The molecule has 0 radical (unpaired) electrons. The molecule has 0 unspecified atom stereocenters. The summed E-state index contributed by atoms with van der Waals surface area (Å²) in [4.78, 5) is 29.7. The molecule has 2 aromatic carbocycles. The number of aryl methyl sites for hydroxylation is 1. The van der Waals surface area contributed by atoms with Crippen molar-refractivity contribution >= 4 is 28.6 Å². The summed E-state index contributed by atoms with van der Waals surface area (Å²) in [5.74, 6) is 0.139. The van der Waals surface area contributed by atoms with Gasteiger partial charge in [0.1, 0.15) is 0 Å². The van der Waals surface area contributed by atoms with Crippen LogP contribution in [0.1, 0.15) is 18.9 Å². The minimum absolute atomic E-state index is 0.0666. The maximum atomic E-state index is 12.7. The summed E-state index contributed by atoms with van der Waals surface area (Å²) in [5.41, 5.74) is 1.78. The van der Waals surface area contributed by atoms with Crippen LogP contribution in [0.2, 0.25) is 0 Å². The van der Waals surface area contributed by atoms with Crippen LogP contribution in [0.4, 0.5) is 0 Å². The van der Waals surface area contributed by atoms with Crippen LogP contribution in [0.5, 0.6) is 0 Å². The van der Waals surface area contributed by atoms with E-state index in [1.165, 1.54) is 17.3 Å². The second-order valence-electron chi connectivity index (χ2n) is 6.90. The molecule has 3 rings (SSSR count). The Kier molecular flexibility index (Phi) is 7.25. The van der Waals surface area contributed by atoms with Crippen molar-refractivity contribution < 1.29 is 4.79 Å². The van der Waals surface area contributed by atoms with E-state index < -0.39 is 0 Å². The second-order valence-corrected chi connectivity index (χ2v) is 7.84. The Morgan fingerprint density at radius 2 is 1.93 bits per heavy atom. The Morgan fingerprint density at radius 1 is 1.21 bits per heavy atom. The van der Waals surface area contributed by atoms with Gasteiger partial charge in [0, 0.05) is 12.6 Å². The highest BCUT2D eigenvalue weighted by atomic mass is 32.2. The number of carbonyl (C=O) groups is 1. The van der Waals surface area contributed by atoms with Crippen molar-refractivity contribution in [3.8, 4) is 0 Å². The zero-order valence-corrected chi connectivity index (χ0v) is 17.3. The maximum Gasteiger partial charge on any atom is 0.262 e. The molecule has 3 aromatic rings. The predicted molar refractivity (Wildman–Crippen MR) is 119 cm³/mol. The Balaban J connectivity index is 1.62. The molecular weight excluding hydrogens is 382 g/mol. The predicted octanol–water partition coefficient (Wildman–Crippen LogP) is 3.81. The third-order valence-corrected chi connectivity index (χ3v) is 5.56. The van der Waals surface area contributed by atoms with Gasteiger partial charge in [-0.3, -0.25) is 14.2 Å². The molecule has 0 aliphatic rings. The fraction of sp³-hybridized carbons (Fsp3) is 0.261. The molecular formula is C23H25N3O2S. The largest absolute Gasteiger partial charge is 0.353 e. The quantitative estimate of drug-likeness (QED) is 0.333. The van der Waals surface area contributed by atoms with Gasteiger partial charge < -0.3 is 5.32 Å². The summed E-state index contributed by atoms with van der Waals surface area (Å²) in [5, 5.41) is 4.12. The first kappa shape index (κ1) is 20.9. The van der Waals surface area contributed by atoms with Crippen LogP contribution in [0.25, 0.3) is 10.9 Å². The van der Waals surface area contributed by atoms with E-state index >= 15 is 0 Å². The van der Waals surface area contributed by atoms with Crippen molar-refractivity contribution in [1.29, 1.82) is 0 Å². The minimum atomic E-state index is -0.116. The van der Waals surface area contributed by atoms with Gasteiger partial charge in [-0.15, -0.1) is 6.58 Å². The number of benzene rings is 2. The molecule has 1 amide bonds. The first-order chi connectivity index (χ1) is 14.1. The summed E-state index contributed by atoms with van der Waals surface area (Å²) in [7, 11) is 0. The smallest absolute Gasteiger partial charge is 0.262 e. The van der Waals surface area contributed by atoms with Gasteiger partial charge >= 0.3 is 0 Å². The van der Waals surface area contributed by atoms with Crippen LogP contribution in [-0.2, 0) is 17.8 Å². The van der Waals surface area contributed by atoms with Gasteiger partial charge in [-0.25, -0.2) is 4.98 Å². The number of hydrogen-bond donors (Lipinski definition) is 1. The van der Waals surface area contributed by atoms with Crippen molar-refractivity contribution in [2.24, 2.45) is 0 Å². The fourth-order valence-corrected chi connectivity index (χ4v) is 3.91. The highest BCUT2D eigenvalue weighted by Crippen LogP contribution is 2.18. The molecule has 29 heavy (non-hydrogen) atoms. The summed E-state index contributed by atoms with van der Waals surface area (Å²) in [6.07, 6.45) is 3.45. The lowest BCUT2D eigenvalue weighted by molar-refractivity contribution is -0.119. The van der Waals surface area contributed by atoms with Gasteiger partial charge in [0.2, 0.25) is 5.91 Å². The number of rotatable bonds is 9. The van der Waals surface area contributed by atoms with Crippen molar-refractivity contribution in [3.63, 3.8) is 0 Å². The molecule has 1 heterocycles. The molecule has 5 nitrogen and oxygen atoms in total. The Labute approximate surface area is 174 Å². The zero-order valence-electron chi connectivity index (χ0n) is 16.5. The minimum Gasteiger partial charge on any atom is -0.353 e. The molecule has 1 atom stereocenters. The third kappa shape index (κ3) is 5.57. The van der Waals surface area contributed by atoms with E-state index in [0.717, 1.165) is 12.8 Å². The highest BCUT2D eigenvalue weighted by Gasteiger charge is 2.13. The topological polar surface area (TPSA) is 64.0 Å². The van der Waals surface area contributed by atoms with E-state index in [1.807, 2.05) is 43.3 Å². The van der Waals surface area contributed by atoms with Gasteiger partial charge in [0.05, 0.1) is 16.7 Å². The monoisotopic (exact) mass is 407 g/mol. The van der Waals surface area contributed by atoms with E-state index in [4.69, 9.17) is 0 Å². The molecule has 0 saturated heterocycles. The van der Waals surface area contributed by atoms with Crippen LogP contribution >= 0.6 is 11.8 Å². The molecule has 1 N–H and O–H groups in total. The molecule has 0 spiro atoms. The number of amides is 1. The van der Waals surface area contributed by atoms with E-state index in [-0.39, 0.29) is 23.3 Å². The van der Waals surface area contributed by atoms with Gasteiger partial charge in [0.25, 0.3) is 5.56 Å². The number of thioether (sulfide) groups is 1. The lowest BCUT2D eigenvalue weighted by Crippen LogP contribution is -2.34. The summed E-state index contributed by atoms with van der Waals surface area (Å²) < 4.78 is 1.56. The van der Waals surface area contributed by atoms with Crippen molar-refractivity contribution in [1.82, 2.24) is 14.9 Å². The van der Waals surface area contributed by atoms with Crippen LogP contribution in [0, 0.1) is 0 Å². The molecule has 1 aromatic heterocycles. The average molecular weight is 408 g/mol. The molecule has 150 valence electrons. The second kappa shape index (κ2) is 10.1. The molecule has 6 heteroatoms. The standard InChI is InChI=1S/C23H25N3O2S/c1-3-15-26-22(28)19-11-7-8-12-20(19)25-23(26)29-16-21(27)24-17(2)13-14-18-9-5-4-6-10-18/h3-12,17H,1,13-16H2,2H3,(H,24,27)/t17-/m0/s1. The number of fused-ring (bicyclic) bond motifs is 1. The fourth-order valence-electron chi connectivity index (χ4n) is 3.09. The first-order valence-corrected chi connectivity index (χ1v) is 10.6. The summed E-state index contributed by atoms with van der Waals surface area (Å²) in [6, 6.07) is 17.5. The third-order valence-electron chi connectivity index (χ3n) is 4.59. The maximum absolute atomic E-state index is 12.7.